The number of unbranched alkanes of at least 4 members (excludes halogenated alkanes) is 10. The topological polar surface area (TPSA) is 69.4 Å². The zero-order valence-corrected chi connectivity index (χ0v) is 15.8. The predicted molar refractivity (Wildman–Crippen MR) is 99.6 cm³/mol. The van der Waals surface area contributed by atoms with Gasteiger partial charge in [0.15, 0.2) is 0 Å². The van der Waals surface area contributed by atoms with Gasteiger partial charge in [-0.25, -0.2) is 4.79 Å². The Balaban J connectivity index is 3.83. The number of nitrogens with two attached hydrogens (primary N) is 1. The zero-order valence-electron chi connectivity index (χ0n) is 15.8. The van der Waals surface area contributed by atoms with E-state index in [0.29, 0.717) is 18.6 Å². The molecule has 0 heterocycles. The van der Waals surface area contributed by atoms with E-state index in [2.05, 4.69) is 6.92 Å². The summed E-state index contributed by atoms with van der Waals surface area (Å²) in [6.07, 6.45) is 16.0. The third kappa shape index (κ3) is 14.3. The van der Waals surface area contributed by atoms with E-state index in [4.69, 9.17) is 10.5 Å². The summed E-state index contributed by atoms with van der Waals surface area (Å²) < 4.78 is 5.17. The second kappa shape index (κ2) is 16.5. The van der Waals surface area contributed by atoms with Crippen molar-refractivity contribution in [1.29, 1.82) is 0 Å². The molecule has 4 nitrogen and oxygen atoms in total. The molecule has 0 radical (unpaired) electrons. The number of primary amides is 1. The van der Waals surface area contributed by atoms with Gasteiger partial charge in [0, 0.05) is 11.6 Å². The summed E-state index contributed by atoms with van der Waals surface area (Å²) >= 11 is 0. The molecule has 0 saturated carbocycles. The second-order valence-corrected chi connectivity index (χ2v) is 6.49. The lowest BCUT2D eigenvalue weighted by atomic mass is 10.0. The van der Waals surface area contributed by atoms with Crippen LogP contribution in [-0.2, 0) is 14.3 Å². The first-order chi connectivity index (χ1) is 11.6. The number of esters is 1. The van der Waals surface area contributed by atoms with Gasteiger partial charge < -0.3 is 10.5 Å². The van der Waals surface area contributed by atoms with Crippen molar-refractivity contribution < 1.29 is 14.3 Å². The minimum absolute atomic E-state index is 0.391. The Kier molecular flexibility index (Phi) is 15.6. The van der Waals surface area contributed by atoms with Crippen molar-refractivity contribution in [3.63, 3.8) is 0 Å². The molecule has 0 aliphatic rings. The van der Waals surface area contributed by atoms with Crippen molar-refractivity contribution in [3.8, 4) is 0 Å². The van der Waals surface area contributed by atoms with Gasteiger partial charge in [0.2, 0.25) is 5.91 Å². The smallest absolute Gasteiger partial charge is 0.334 e. The van der Waals surface area contributed by atoms with Crippen LogP contribution in [0.25, 0.3) is 0 Å². The maximum Gasteiger partial charge on any atom is 0.334 e. The summed E-state index contributed by atoms with van der Waals surface area (Å²) in [6.45, 7) is 4.68. The van der Waals surface area contributed by atoms with Crippen LogP contribution in [0.4, 0.5) is 0 Å². The first kappa shape index (κ1) is 22.7. The Bertz CT molecular complexity index is 364. The van der Waals surface area contributed by atoms with Crippen LogP contribution in [0.1, 0.15) is 97.3 Å². The van der Waals surface area contributed by atoms with Crippen molar-refractivity contribution >= 4 is 11.9 Å². The fourth-order valence-electron chi connectivity index (χ4n) is 2.61. The fraction of sp³-hybridized carbons (Fsp3) is 0.800. The first-order valence-corrected chi connectivity index (χ1v) is 9.78. The molecule has 0 unspecified atom stereocenters. The lowest BCUT2D eigenvalue weighted by Gasteiger charge is -2.08. The molecular formula is C20H37NO3. The molecule has 0 spiro atoms. The first-order valence-electron chi connectivity index (χ1n) is 9.78. The number of amides is 1. The van der Waals surface area contributed by atoms with Crippen molar-refractivity contribution in [1.82, 2.24) is 0 Å². The fourth-order valence-corrected chi connectivity index (χ4v) is 2.61. The van der Waals surface area contributed by atoms with Crippen LogP contribution in [0.15, 0.2) is 11.6 Å². The molecule has 0 rings (SSSR count). The van der Waals surface area contributed by atoms with Gasteiger partial charge in [0.25, 0.3) is 0 Å². The molecule has 24 heavy (non-hydrogen) atoms. The number of hydrogen-bond donors (Lipinski definition) is 1. The van der Waals surface area contributed by atoms with Gasteiger partial charge in [0.05, 0.1) is 6.61 Å². The van der Waals surface area contributed by atoms with E-state index < -0.39 is 11.9 Å². The standard InChI is InChI=1S/C20H37NO3/c1-3-5-7-8-9-10-11-12-13-14-15-18(17-19(21)22)20(23)24-16-6-4-2/h17H,3-16H2,1-2H3,(H2,21,22). The molecule has 2 N–H and O–H groups in total. The molecule has 4 heteroatoms. The van der Waals surface area contributed by atoms with E-state index in [9.17, 15) is 9.59 Å². The minimum Gasteiger partial charge on any atom is -0.462 e. The Morgan fingerprint density at radius 2 is 1.29 bits per heavy atom. The molecule has 1 amide bonds. The largest absolute Gasteiger partial charge is 0.462 e. The average Bonchev–Trinajstić information content (AvgIpc) is 2.55. The molecule has 0 aromatic heterocycles. The third-order valence-corrected chi connectivity index (χ3v) is 4.11. The summed E-state index contributed by atoms with van der Waals surface area (Å²) in [6, 6.07) is 0. The monoisotopic (exact) mass is 339 g/mol. The van der Waals surface area contributed by atoms with Gasteiger partial charge in [-0.15, -0.1) is 0 Å². The van der Waals surface area contributed by atoms with Gasteiger partial charge in [-0.3, -0.25) is 4.79 Å². The van der Waals surface area contributed by atoms with E-state index in [0.717, 1.165) is 25.7 Å². The molecule has 0 atom stereocenters. The summed E-state index contributed by atoms with van der Waals surface area (Å²) in [4.78, 5) is 23.0. The Labute approximate surface area is 148 Å². The minimum atomic E-state index is -0.579. The SMILES string of the molecule is CCCCCCCCCCCCC(=CC(N)=O)C(=O)OCCCC. The Morgan fingerprint density at radius 3 is 1.79 bits per heavy atom. The predicted octanol–water partition coefficient (Wildman–Crippen LogP) is 5.05. The maximum absolute atomic E-state index is 11.9. The summed E-state index contributed by atoms with van der Waals surface area (Å²) in [5.74, 6) is -0.970. The molecule has 0 saturated heterocycles. The highest BCUT2D eigenvalue weighted by Crippen LogP contribution is 2.14. The van der Waals surface area contributed by atoms with Gasteiger partial charge in [-0.1, -0.05) is 78.1 Å². The second-order valence-electron chi connectivity index (χ2n) is 6.49. The molecule has 0 fully saturated rings. The Morgan fingerprint density at radius 1 is 0.792 bits per heavy atom. The van der Waals surface area contributed by atoms with E-state index in [1.54, 1.807) is 0 Å². The van der Waals surface area contributed by atoms with Crippen molar-refractivity contribution in [2.45, 2.75) is 97.3 Å². The van der Waals surface area contributed by atoms with Crippen molar-refractivity contribution in [3.05, 3.63) is 11.6 Å². The molecule has 0 aliphatic carbocycles. The molecule has 140 valence electrons. The molecule has 0 aliphatic heterocycles. The van der Waals surface area contributed by atoms with Crippen LogP contribution in [0, 0.1) is 0 Å². The molecule has 0 aromatic carbocycles. The number of rotatable bonds is 16. The summed E-state index contributed by atoms with van der Waals surface area (Å²) in [5.41, 5.74) is 5.60. The van der Waals surface area contributed by atoms with E-state index in [1.807, 2.05) is 6.92 Å². The Hall–Kier alpha value is -1.32. The highest BCUT2D eigenvalue weighted by atomic mass is 16.5. The number of hydrogen-bond acceptors (Lipinski definition) is 3. The van der Waals surface area contributed by atoms with Crippen molar-refractivity contribution in [2.24, 2.45) is 5.73 Å². The average molecular weight is 340 g/mol. The third-order valence-electron chi connectivity index (χ3n) is 4.11. The molecule has 0 bridgehead atoms. The quantitative estimate of drug-likeness (QED) is 0.243. The lowest BCUT2D eigenvalue weighted by molar-refractivity contribution is -0.139. The number of carbonyl (C=O) groups excluding carboxylic acids is 2. The van der Waals surface area contributed by atoms with Crippen molar-refractivity contribution in [2.75, 3.05) is 6.61 Å². The van der Waals surface area contributed by atoms with Gasteiger partial charge in [-0.05, 0) is 19.3 Å². The van der Waals surface area contributed by atoms with E-state index in [-0.39, 0.29) is 0 Å². The number of carbonyl (C=O) groups is 2. The van der Waals surface area contributed by atoms with E-state index in [1.165, 1.54) is 57.4 Å². The van der Waals surface area contributed by atoms with Crippen LogP contribution >= 0.6 is 0 Å². The normalized spacial score (nSPS) is 11.5. The molecular weight excluding hydrogens is 302 g/mol. The summed E-state index contributed by atoms with van der Waals surface area (Å²) in [7, 11) is 0. The van der Waals surface area contributed by atoms with Gasteiger partial charge in [-0.2, -0.15) is 0 Å². The van der Waals surface area contributed by atoms with E-state index >= 15 is 0 Å². The highest BCUT2D eigenvalue weighted by molar-refractivity contribution is 5.97. The zero-order chi connectivity index (χ0) is 18.0. The highest BCUT2D eigenvalue weighted by Gasteiger charge is 2.12. The van der Waals surface area contributed by atoms with Crippen LogP contribution in [0.5, 0.6) is 0 Å². The summed E-state index contributed by atoms with van der Waals surface area (Å²) in [5, 5.41) is 0. The van der Waals surface area contributed by atoms with Gasteiger partial charge >= 0.3 is 5.97 Å². The maximum atomic E-state index is 11.9. The van der Waals surface area contributed by atoms with Crippen LogP contribution in [0.3, 0.4) is 0 Å². The van der Waals surface area contributed by atoms with Crippen LogP contribution in [0.2, 0.25) is 0 Å². The van der Waals surface area contributed by atoms with Crippen LogP contribution < -0.4 is 5.73 Å². The van der Waals surface area contributed by atoms with Gasteiger partial charge in [0.1, 0.15) is 0 Å². The van der Waals surface area contributed by atoms with Crippen LogP contribution in [-0.4, -0.2) is 18.5 Å². The molecule has 0 aromatic rings. The lowest BCUT2D eigenvalue weighted by Crippen LogP contribution is -2.14. The number of ether oxygens (including phenoxy) is 1.